The molecule has 0 saturated carbocycles. The van der Waals surface area contributed by atoms with Gasteiger partial charge in [-0.1, -0.05) is 147 Å². The number of benzene rings is 7. The van der Waals surface area contributed by atoms with Crippen molar-refractivity contribution < 1.29 is 0 Å². The van der Waals surface area contributed by atoms with Crippen molar-refractivity contribution in [3.8, 4) is 5.69 Å². The Labute approximate surface area is 308 Å². The third-order valence-corrected chi connectivity index (χ3v) is 11.5. The van der Waals surface area contributed by atoms with Crippen LogP contribution in [-0.2, 0) is 5.41 Å². The minimum atomic E-state index is -0.372. The third kappa shape index (κ3) is 4.27. The van der Waals surface area contributed by atoms with Crippen LogP contribution in [-0.4, -0.2) is 14.8 Å². The molecule has 1 N–H and O–H groups in total. The first-order chi connectivity index (χ1) is 26.1. The zero-order valence-electron chi connectivity index (χ0n) is 29.6. The first-order valence-electron chi connectivity index (χ1n) is 18.4. The summed E-state index contributed by atoms with van der Waals surface area (Å²) in [6, 6.07) is 56.9. The lowest BCUT2D eigenvalue weighted by atomic mass is 9.74. The van der Waals surface area contributed by atoms with Crippen molar-refractivity contribution in [1.82, 2.24) is 9.13 Å². The molecule has 7 aromatic carbocycles. The summed E-state index contributed by atoms with van der Waals surface area (Å²) < 4.78 is 4.99. The van der Waals surface area contributed by atoms with Gasteiger partial charge in [0.05, 0.1) is 39.2 Å². The summed E-state index contributed by atoms with van der Waals surface area (Å²) in [7, 11) is 0. The van der Waals surface area contributed by atoms with Crippen LogP contribution >= 0.6 is 0 Å². The van der Waals surface area contributed by atoms with Crippen LogP contribution in [0.1, 0.15) is 47.8 Å². The summed E-state index contributed by atoms with van der Waals surface area (Å²) in [4.78, 5) is 5.38. The Morgan fingerprint density at radius 2 is 1.21 bits per heavy atom. The first-order valence-corrected chi connectivity index (χ1v) is 18.4. The summed E-state index contributed by atoms with van der Waals surface area (Å²) in [5, 5.41) is 8.99. The van der Waals surface area contributed by atoms with E-state index < -0.39 is 0 Å². The molecule has 2 aliphatic rings. The van der Waals surface area contributed by atoms with E-state index in [4.69, 9.17) is 4.99 Å². The van der Waals surface area contributed by atoms with E-state index in [-0.39, 0.29) is 11.6 Å². The number of aromatic nitrogens is 2. The number of nitrogens with zero attached hydrogens (tertiary/aromatic N) is 3. The highest BCUT2D eigenvalue weighted by atomic mass is 15.2. The van der Waals surface area contributed by atoms with Gasteiger partial charge in [-0.25, -0.2) is 4.99 Å². The standard InChI is InChI=1S/C49H36N4/c1-49(2)39-30-29-36-34-19-9-13-23-42(34)52(33-17-7-4-8-18-33)46(36)38(39)28-26-31-25-27-37-35-20-10-14-24-43(35)53(47(37)44(31)49)48-45(32-15-5-3-6-16-32)50-40-21-11-12-22-41(40)51-48/h3-30,48,51H,1-2H3. The maximum atomic E-state index is 5.38. The molecule has 1 unspecified atom stereocenters. The third-order valence-electron chi connectivity index (χ3n) is 11.5. The normalized spacial score (nSPS) is 15.9. The lowest BCUT2D eigenvalue weighted by Gasteiger charge is -2.33. The van der Waals surface area contributed by atoms with Gasteiger partial charge in [-0.05, 0) is 53.1 Å². The molecule has 0 bridgehead atoms. The average Bonchev–Trinajstić information content (AvgIpc) is 3.69. The quantitative estimate of drug-likeness (QED) is 0.198. The Morgan fingerprint density at radius 1 is 0.566 bits per heavy atom. The number of rotatable bonds is 3. The van der Waals surface area contributed by atoms with E-state index in [9.17, 15) is 0 Å². The van der Waals surface area contributed by atoms with Gasteiger partial charge in [0, 0.05) is 43.8 Å². The summed E-state index contributed by atoms with van der Waals surface area (Å²) in [6.45, 7) is 4.83. The second-order valence-corrected chi connectivity index (χ2v) is 14.8. The number of para-hydroxylation sites is 5. The van der Waals surface area contributed by atoms with Crippen molar-refractivity contribution >= 4 is 72.9 Å². The maximum absolute atomic E-state index is 5.38. The van der Waals surface area contributed by atoms with Crippen LogP contribution < -0.4 is 5.32 Å². The van der Waals surface area contributed by atoms with Crippen molar-refractivity contribution in [2.24, 2.45) is 4.99 Å². The number of fused-ring (bicyclic) bond motifs is 11. The highest BCUT2D eigenvalue weighted by Crippen LogP contribution is 2.49. The van der Waals surface area contributed by atoms with E-state index in [0.717, 1.165) is 22.6 Å². The minimum Gasteiger partial charge on any atom is -0.358 e. The smallest absolute Gasteiger partial charge is 0.148 e. The summed E-state index contributed by atoms with van der Waals surface area (Å²) in [5.41, 5.74) is 14.9. The topological polar surface area (TPSA) is 34.2 Å². The van der Waals surface area contributed by atoms with Crippen LogP contribution in [0.25, 0.3) is 61.5 Å². The Bertz CT molecular complexity index is 2990. The fourth-order valence-corrected chi connectivity index (χ4v) is 9.24. The van der Waals surface area contributed by atoms with Gasteiger partial charge in [0.1, 0.15) is 6.17 Å². The van der Waals surface area contributed by atoms with Crippen LogP contribution in [0.3, 0.4) is 0 Å². The fraction of sp³-hybridized carbons (Fsp3) is 0.0816. The molecule has 0 spiro atoms. The van der Waals surface area contributed by atoms with E-state index in [1.165, 1.54) is 71.6 Å². The molecule has 53 heavy (non-hydrogen) atoms. The van der Waals surface area contributed by atoms with Crippen molar-refractivity contribution in [3.05, 3.63) is 186 Å². The molecule has 1 atom stereocenters. The molecule has 252 valence electrons. The van der Waals surface area contributed by atoms with Gasteiger partial charge in [-0.2, -0.15) is 0 Å². The molecule has 1 aliphatic carbocycles. The summed E-state index contributed by atoms with van der Waals surface area (Å²) in [6.07, 6.45) is 4.48. The lowest BCUT2D eigenvalue weighted by molar-refractivity contribution is 0.637. The fourth-order valence-electron chi connectivity index (χ4n) is 9.24. The second-order valence-electron chi connectivity index (χ2n) is 14.8. The number of hydrogen-bond donors (Lipinski definition) is 1. The number of nitrogens with one attached hydrogen (secondary N) is 1. The molecule has 9 aromatic rings. The van der Waals surface area contributed by atoms with Gasteiger partial charge >= 0.3 is 0 Å². The minimum absolute atomic E-state index is 0.244. The van der Waals surface area contributed by atoms with Crippen LogP contribution in [0.15, 0.2) is 163 Å². The second kappa shape index (κ2) is 11.2. The average molecular weight is 681 g/mol. The largest absolute Gasteiger partial charge is 0.358 e. The van der Waals surface area contributed by atoms with E-state index >= 15 is 0 Å². The van der Waals surface area contributed by atoms with Crippen molar-refractivity contribution in [1.29, 1.82) is 0 Å². The Morgan fingerprint density at radius 3 is 2.02 bits per heavy atom. The van der Waals surface area contributed by atoms with Gasteiger partial charge in [0.25, 0.3) is 0 Å². The molecular weight excluding hydrogens is 645 g/mol. The highest BCUT2D eigenvalue weighted by molar-refractivity contribution is 6.16. The Balaban J connectivity index is 1.23. The van der Waals surface area contributed by atoms with Gasteiger partial charge < -0.3 is 14.5 Å². The van der Waals surface area contributed by atoms with Crippen molar-refractivity contribution in [2.45, 2.75) is 25.4 Å². The molecule has 0 fully saturated rings. The zero-order chi connectivity index (χ0) is 35.3. The molecule has 4 nitrogen and oxygen atoms in total. The number of hydrogen-bond acceptors (Lipinski definition) is 2. The van der Waals surface area contributed by atoms with Gasteiger partial charge in [-0.3, -0.25) is 0 Å². The van der Waals surface area contributed by atoms with Crippen LogP contribution in [0, 0.1) is 0 Å². The van der Waals surface area contributed by atoms with Gasteiger partial charge in [-0.15, -0.1) is 0 Å². The summed E-state index contributed by atoms with van der Waals surface area (Å²) >= 11 is 0. The molecule has 0 saturated heterocycles. The van der Waals surface area contributed by atoms with E-state index in [0.29, 0.717) is 0 Å². The highest BCUT2D eigenvalue weighted by Gasteiger charge is 2.37. The molecule has 11 rings (SSSR count). The summed E-state index contributed by atoms with van der Waals surface area (Å²) in [5.74, 6) is 0. The van der Waals surface area contributed by atoms with Crippen LogP contribution in [0.4, 0.5) is 11.4 Å². The Kier molecular flexibility index (Phi) is 6.33. The predicted molar refractivity (Wildman–Crippen MR) is 223 cm³/mol. The molecular formula is C49H36N4. The maximum Gasteiger partial charge on any atom is 0.148 e. The molecule has 0 radical (unpaired) electrons. The zero-order valence-corrected chi connectivity index (χ0v) is 29.6. The number of aliphatic imine (C=N–C) groups is 1. The molecule has 1 aliphatic heterocycles. The van der Waals surface area contributed by atoms with Gasteiger partial charge in [0.15, 0.2) is 0 Å². The van der Waals surface area contributed by atoms with Crippen molar-refractivity contribution in [3.63, 3.8) is 0 Å². The number of anilines is 1. The van der Waals surface area contributed by atoms with E-state index in [2.05, 4.69) is 198 Å². The monoisotopic (exact) mass is 680 g/mol. The van der Waals surface area contributed by atoms with E-state index in [1.54, 1.807) is 0 Å². The Hall–Kier alpha value is -6.65. The SMILES string of the molecule is CC1(C)c2ccc3c4ccccc4n(-c4ccccc4)c3c2C=Cc2ccc3c4ccccc4n(C4Nc5ccccc5N=C4c4ccccc4)c3c21. The molecule has 0 amide bonds. The molecule has 3 heterocycles. The lowest BCUT2D eigenvalue weighted by Crippen LogP contribution is -2.31. The van der Waals surface area contributed by atoms with Crippen LogP contribution in [0.5, 0.6) is 0 Å². The van der Waals surface area contributed by atoms with Gasteiger partial charge in [0.2, 0.25) is 0 Å². The molecule has 4 heteroatoms. The van der Waals surface area contributed by atoms with E-state index in [1.807, 2.05) is 0 Å². The van der Waals surface area contributed by atoms with Crippen molar-refractivity contribution in [2.75, 3.05) is 5.32 Å². The molecule has 2 aromatic heterocycles. The predicted octanol–water partition coefficient (Wildman–Crippen LogP) is 12.4. The first kappa shape index (κ1) is 30.0. The van der Waals surface area contributed by atoms with Crippen LogP contribution in [0.2, 0.25) is 0 Å².